The molecule has 1 aliphatic rings. The van der Waals surface area contributed by atoms with E-state index in [9.17, 15) is 15.2 Å². The monoisotopic (exact) mass is 287 g/mol. The van der Waals surface area contributed by atoms with Crippen LogP contribution in [0.4, 0.5) is 5.69 Å². The minimum atomic E-state index is -0.705. The van der Waals surface area contributed by atoms with Crippen LogP contribution in [0, 0.1) is 37.0 Å². The van der Waals surface area contributed by atoms with Crippen molar-refractivity contribution in [2.75, 3.05) is 11.9 Å². The summed E-state index contributed by atoms with van der Waals surface area (Å²) in [5, 5.41) is 21.8. The molecule has 0 aromatic carbocycles. The highest BCUT2D eigenvalue weighted by atomic mass is 16.4. The molecule has 0 amide bonds. The van der Waals surface area contributed by atoms with Gasteiger partial charge in [0.1, 0.15) is 6.07 Å². The van der Waals surface area contributed by atoms with Gasteiger partial charge in [-0.1, -0.05) is 12.8 Å². The minimum Gasteiger partial charge on any atom is -0.481 e. The van der Waals surface area contributed by atoms with Crippen LogP contribution in [0.3, 0.4) is 0 Å². The van der Waals surface area contributed by atoms with Crippen LogP contribution in [0.25, 0.3) is 0 Å². The zero-order valence-electron chi connectivity index (χ0n) is 12.5. The number of anilines is 1. The molecule has 21 heavy (non-hydrogen) atoms. The van der Waals surface area contributed by atoms with Gasteiger partial charge in [-0.15, -0.1) is 0 Å². The van der Waals surface area contributed by atoms with Crippen LogP contribution in [-0.2, 0) is 4.79 Å². The van der Waals surface area contributed by atoms with Crippen molar-refractivity contribution in [3.63, 3.8) is 0 Å². The van der Waals surface area contributed by atoms with E-state index in [1.807, 2.05) is 19.9 Å². The number of carbonyl (C=O) groups is 1. The lowest BCUT2D eigenvalue weighted by molar-refractivity contribution is -0.144. The maximum Gasteiger partial charge on any atom is 0.306 e. The zero-order valence-corrected chi connectivity index (χ0v) is 12.5. The molecule has 2 unspecified atom stereocenters. The maximum atomic E-state index is 11.3. The van der Waals surface area contributed by atoms with Crippen molar-refractivity contribution in [3.8, 4) is 6.07 Å². The zero-order chi connectivity index (χ0) is 15.4. The van der Waals surface area contributed by atoms with E-state index < -0.39 is 5.97 Å². The molecule has 1 heterocycles. The number of nitriles is 1. The second kappa shape index (κ2) is 6.57. The second-order valence-corrected chi connectivity index (χ2v) is 5.75. The van der Waals surface area contributed by atoms with Crippen molar-refractivity contribution in [3.05, 3.63) is 23.0 Å². The topological polar surface area (TPSA) is 86.0 Å². The number of carboxylic acids is 1. The number of hydrogen-bond acceptors (Lipinski definition) is 4. The van der Waals surface area contributed by atoms with Crippen LogP contribution in [0.15, 0.2) is 6.07 Å². The number of carboxylic acid groups (broad SMARTS) is 1. The average Bonchev–Trinajstić information content (AvgIpc) is 2.44. The highest BCUT2D eigenvalue weighted by Crippen LogP contribution is 2.31. The molecular formula is C16H21N3O2. The first-order valence-corrected chi connectivity index (χ1v) is 7.38. The average molecular weight is 287 g/mol. The van der Waals surface area contributed by atoms with E-state index in [2.05, 4.69) is 16.4 Å². The van der Waals surface area contributed by atoms with Gasteiger partial charge >= 0.3 is 5.97 Å². The second-order valence-electron chi connectivity index (χ2n) is 5.75. The number of rotatable bonds is 4. The summed E-state index contributed by atoms with van der Waals surface area (Å²) in [6.07, 6.45) is 3.75. The Hall–Kier alpha value is -2.09. The van der Waals surface area contributed by atoms with Crippen molar-refractivity contribution in [2.24, 2.45) is 11.8 Å². The molecule has 112 valence electrons. The van der Waals surface area contributed by atoms with E-state index in [1.54, 1.807) is 0 Å². The summed E-state index contributed by atoms with van der Waals surface area (Å²) in [6, 6.07) is 4.02. The number of nitrogens with zero attached hydrogens (tertiary/aromatic N) is 2. The fourth-order valence-electron chi connectivity index (χ4n) is 3.13. The molecule has 2 N–H and O–H groups in total. The Morgan fingerprint density at radius 2 is 2.19 bits per heavy atom. The van der Waals surface area contributed by atoms with E-state index in [0.29, 0.717) is 17.8 Å². The normalized spacial score (nSPS) is 21.6. The lowest BCUT2D eigenvalue weighted by atomic mass is 9.79. The third kappa shape index (κ3) is 3.52. The molecule has 0 spiro atoms. The molecule has 1 fully saturated rings. The first-order chi connectivity index (χ1) is 10.0. The van der Waals surface area contributed by atoms with Crippen LogP contribution in [-0.4, -0.2) is 22.6 Å². The largest absolute Gasteiger partial charge is 0.481 e. The number of pyridine rings is 1. The minimum absolute atomic E-state index is 0.122. The Kier molecular flexibility index (Phi) is 4.79. The molecule has 2 rings (SSSR count). The third-order valence-electron chi connectivity index (χ3n) is 4.22. The standard InChI is InChI=1S/C16H21N3O2/c1-10-7-15(14(8-17)11(2)19-10)18-9-12-5-3-4-6-13(12)16(20)21/h7,12-13H,3-6,9H2,1-2H3,(H,18,19)(H,20,21). The fourth-order valence-corrected chi connectivity index (χ4v) is 3.13. The van der Waals surface area contributed by atoms with E-state index in [1.165, 1.54) is 0 Å². The summed E-state index contributed by atoms with van der Waals surface area (Å²) in [5.41, 5.74) is 2.87. The summed E-state index contributed by atoms with van der Waals surface area (Å²) in [6.45, 7) is 4.30. The predicted octanol–water partition coefficient (Wildman–Crippen LogP) is 2.87. The molecule has 1 aliphatic carbocycles. The van der Waals surface area contributed by atoms with Crippen LogP contribution < -0.4 is 5.32 Å². The van der Waals surface area contributed by atoms with Crippen LogP contribution in [0.2, 0.25) is 0 Å². The van der Waals surface area contributed by atoms with Crippen molar-refractivity contribution in [1.82, 2.24) is 4.98 Å². The third-order valence-corrected chi connectivity index (χ3v) is 4.22. The van der Waals surface area contributed by atoms with Gasteiger partial charge in [0.05, 0.1) is 22.9 Å². The maximum absolute atomic E-state index is 11.3. The van der Waals surface area contributed by atoms with Crippen molar-refractivity contribution < 1.29 is 9.90 Å². The summed E-state index contributed by atoms with van der Waals surface area (Å²) in [4.78, 5) is 15.6. The number of aryl methyl sites for hydroxylation is 2. The quantitative estimate of drug-likeness (QED) is 0.889. The first kappa shape index (κ1) is 15.3. The number of hydrogen-bond donors (Lipinski definition) is 2. The highest BCUT2D eigenvalue weighted by Gasteiger charge is 2.30. The van der Waals surface area contributed by atoms with Crippen LogP contribution in [0.5, 0.6) is 0 Å². The van der Waals surface area contributed by atoms with Crippen LogP contribution in [0.1, 0.15) is 42.6 Å². The van der Waals surface area contributed by atoms with E-state index in [4.69, 9.17) is 0 Å². The summed E-state index contributed by atoms with van der Waals surface area (Å²) in [7, 11) is 0. The molecular weight excluding hydrogens is 266 g/mol. The Labute approximate surface area is 125 Å². The molecule has 1 aromatic heterocycles. The van der Waals surface area contributed by atoms with Gasteiger partial charge in [0.2, 0.25) is 0 Å². The van der Waals surface area contributed by atoms with Crippen molar-refractivity contribution in [2.45, 2.75) is 39.5 Å². The van der Waals surface area contributed by atoms with Gasteiger partial charge in [-0.3, -0.25) is 9.78 Å². The van der Waals surface area contributed by atoms with Gasteiger partial charge in [-0.2, -0.15) is 5.26 Å². The SMILES string of the molecule is Cc1cc(NCC2CCCCC2C(=O)O)c(C#N)c(C)n1. The molecule has 0 saturated heterocycles. The smallest absolute Gasteiger partial charge is 0.306 e. The first-order valence-electron chi connectivity index (χ1n) is 7.38. The molecule has 5 heteroatoms. The van der Waals surface area contributed by atoms with Crippen LogP contribution >= 0.6 is 0 Å². The Morgan fingerprint density at radius 3 is 2.86 bits per heavy atom. The molecule has 1 saturated carbocycles. The van der Waals surface area contributed by atoms with Gasteiger partial charge in [0, 0.05) is 12.2 Å². The summed E-state index contributed by atoms with van der Waals surface area (Å²) in [5.74, 6) is -0.860. The van der Waals surface area contributed by atoms with E-state index in [-0.39, 0.29) is 11.8 Å². The van der Waals surface area contributed by atoms with Crippen molar-refractivity contribution in [1.29, 1.82) is 5.26 Å². The molecule has 0 radical (unpaired) electrons. The summed E-state index contributed by atoms with van der Waals surface area (Å²) >= 11 is 0. The molecule has 0 aliphatic heterocycles. The molecule has 2 atom stereocenters. The van der Waals surface area contributed by atoms with Gasteiger partial charge < -0.3 is 10.4 Å². The lowest BCUT2D eigenvalue weighted by Gasteiger charge is -2.29. The Balaban J connectivity index is 2.12. The lowest BCUT2D eigenvalue weighted by Crippen LogP contribution is -2.32. The molecule has 1 aromatic rings. The predicted molar refractivity (Wildman–Crippen MR) is 80.0 cm³/mol. The Morgan fingerprint density at radius 1 is 1.48 bits per heavy atom. The number of aromatic nitrogens is 1. The number of nitrogens with one attached hydrogen (secondary N) is 1. The van der Waals surface area contributed by atoms with E-state index >= 15 is 0 Å². The van der Waals surface area contributed by atoms with Gasteiger partial charge in [-0.25, -0.2) is 0 Å². The van der Waals surface area contributed by atoms with E-state index in [0.717, 1.165) is 37.1 Å². The highest BCUT2D eigenvalue weighted by molar-refractivity contribution is 5.70. The Bertz CT molecular complexity index is 578. The summed E-state index contributed by atoms with van der Waals surface area (Å²) < 4.78 is 0. The molecule has 5 nitrogen and oxygen atoms in total. The van der Waals surface area contributed by atoms with Gasteiger partial charge in [0.25, 0.3) is 0 Å². The molecule has 0 bridgehead atoms. The number of aliphatic carboxylic acids is 1. The van der Waals surface area contributed by atoms with Gasteiger partial charge in [0.15, 0.2) is 0 Å². The van der Waals surface area contributed by atoms with Crippen molar-refractivity contribution >= 4 is 11.7 Å². The van der Waals surface area contributed by atoms with Gasteiger partial charge in [-0.05, 0) is 38.7 Å². The fraction of sp³-hybridized carbons (Fsp3) is 0.562.